The molecule has 61 heavy (non-hydrogen) atoms. The number of phosphoric acid groups is 1. The molecule has 0 spiro atoms. The highest BCUT2D eigenvalue weighted by Crippen LogP contribution is 2.43. The van der Waals surface area contributed by atoms with Crippen molar-refractivity contribution in [1.82, 2.24) is 0 Å². The largest absolute Gasteiger partial charge is 0.472 e. The summed E-state index contributed by atoms with van der Waals surface area (Å²) in [5.41, 5.74) is 5.38. The maximum absolute atomic E-state index is 12.6. The average molecular weight is 874 g/mol. The summed E-state index contributed by atoms with van der Waals surface area (Å²) in [6.45, 7) is 4.77. The molecule has 2 atom stereocenters. The Morgan fingerprint density at radius 3 is 1.39 bits per heavy atom. The maximum Gasteiger partial charge on any atom is 0.472 e. The van der Waals surface area contributed by atoms with Gasteiger partial charge in [-0.3, -0.25) is 13.8 Å². The van der Waals surface area contributed by atoms with E-state index >= 15 is 0 Å². The molecule has 0 saturated heterocycles. The van der Waals surface area contributed by atoms with E-state index in [4.69, 9.17) is 24.3 Å². The molecule has 2 unspecified atom stereocenters. The molecule has 3 N–H and O–H groups in total. The highest BCUT2D eigenvalue weighted by Gasteiger charge is 2.25. The van der Waals surface area contributed by atoms with Crippen LogP contribution in [0.2, 0.25) is 0 Å². The summed E-state index contributed by atoms with van der Waals surface area (Å²) in [5.74, 6) is -0.349. The van der Waals surface area contributed by atoms with Crippen molar-refractivity contribution in [2.45, 2.75) is 206 Å². The second-order valence-electron chi connectivity index (χ2n) is 15.9. The lowest BCUT2D eigenvalue weighted by atomic mass is 10.1. The highest BCUT2D eigenvalue weighted by atomic mass is 31.2. The standard InChI is InChI=1S/C52H92NO7P/c1-3-5-7-9-11-13-15-17-19-21-22-23-24-25-26-27-28-29-31-33-35-37-39-41-43-45-52(54)60-51(50-59-61(55,56)58-48-46-53)49-57-47-44-42-40-38-36-34-32-30-20-18-16-14-12-10-8-6-4-2/h5,7,11,13,17,19-20,22-23,25-26,28-30,51H,3-4,6,8-10,12,14-16,18,21,24,27,31-50,53H2,1-2H3,(H,55,56)/b7-5-,13-11-,19-17-,23-22-,26-25-,29-28-,30-20-. The third-order valence-electron chi connectivity index (χ3n) is 10.0. The van der Waals surface area contributed by atoms with E-state index in [2.05, 4.69) is 98.9 Å². The quantitative estimate of drug-likeness (QED) is 0.0269. The number of nitrogens with two attached hydrogens (primary N) is 1. The van der Waals surface area contributed by atoms with Crippen molar-refractivity contribution in [3.05, 3.63) is 85.1 Å². The Morgan fingerprint density at radius 2 is 0.918 bits per heavy atom. The van der Waals surface area contributed by atoms with Gasteiger partial charge in [0.05, 0.1) is 19.8 Å². The van der Waals surface area contributed by atoms with Gasteiger partial charge < -0.3 is 20.1 Å². The smallest absolute Gasteiger partial charge is 0.457 e. The Hall–Kier alpha value is -2.32. The number of hydrogen-bond acceptors (Lipinski definition) is 7. The molecule has 0 aromatic carbocycles. The Morgan fingerprint density at radius 1 is 0.508 bits per heavy atom. The molecule has 0 bridgehead atoms. The molecule has 0 aromatic rings. The minimum atomic E-state index is -4.29. The summed E-state index contributed by atoms with van der Waals surface area (Å²) in [5, 5.41) is 0. The number of carbonyl (C=O) groups is 1. The second kappa shape index (κ2) is 48.7. The summed E-state index contributed by atoms with van der Waals surface area (Å²) >= 11 is 0. The molecule has 0 fully saturated rings. The zero-order valence-corrected chi connectivity index (χ0v) is 40.0. The molecule has 8 nitrogen and oxygen atoms in total. The topological polar surface area (TPSA) is 117 Å². The molecule has 0 radical (unpaired) electrons. The number of hydrogen-bond donors (Lipinski definition) is 2. The molecule has 0 rings (SSSR count). The molecule has 0 heterocycles. The van der Waals surface area contributed by atoms with Crippen molar-refractivity contribution in [3.63, 3.8) is 0 Å². The van der Waals surface area contributed by atoms with Gasteiger partial charge in [0.2, 0.25) is 0 Å². The fourth-order valence-corrected chi connectivity index (χ4v) is 7.23. The second-order valence-corrected chi connectivity index (χ2v) is 17.4. The lowest BCUT2D eigenvalue weighted by Gasteiger charge is -2.20. The van der Waals surface area contributed by atoms with Gasteiger partial charge >= 0.3 is 13.8 Å². The van der Waals surface area contributed by atoms with Crippen LogP contribution in [-0.4, -0.2) is 49.9 Å². The Bertz CT molecular complexity index is 1210. The Labute approximate surface area is 375 Å². The fraction of sp³-hybridized carbons (Fsp3) is 0.712. The van der Waals surface area contributed by atoms with Crippen molar-refractivity contribution in [1.29, 1.82) is 0 Å². The van der Waals surface area contributed by atoms with E-state index in [0.29, 0.717) is 13.0 Å². The minimum absolute atomic E-state index is 0.0926. The van der Waals surface area contributed by atoms with E-state index in [9.17, 15) is 14.3 Å². The monoisotopic (exact) mass is 874 g/mol. The van der Waals surface area contributed by atoms with Gasteiger partial charge in [0, 0.05) is 19.6 Å². The molecule has 0 saturated carbocycles. The van der Waals surface area contributed by atoms with Crippen molar-refractivity contribution in [2.75, 3.05) is 33.0 Å². The predicted molar refractivity (Wildman–Crippen MR) is 261 cm³/mol. The van der Waals surface area contributed by atoms with Crippen molar-refractivity contribution >= 4 is 13.8 Å². The molecule has 0 aliphatic rings. The first-order valence-electron chi connectivity index (χ1n) is 24.6. The number of unbranched alkanes of at least 4 members (excludes halogenated alkanes) is 19. The van der Waals surface area contributed by atoms with Crippen molar-refractivity contribution in [3.8, 4) is 0 Å². The molecule has 0 amide bonds. The Kier molecular flexibility index (Phi) is 46.9. The van der Waals surface area contributed by atoms with Crippen LogP contribution in [0.5, 0.6) is 0 Å². The number of ether oxygens (including phenoxy) is 2. The summed E-state index contributed by atoms with van der Waals surface area (Å²) in [6.07, 6.45) is 63.2. The first-order valence-corrected chi connectivity index (χ1v) is 26.1. The normalized spacial score (nSPS) is 14.1. The van der Waals surface area contributed by atoms with E-state index < -0.39 is 13.9 Å². The molecular weight excluding hydrogens is 782 g/mol. The summed E-state index contributed by atoms with van der Waals surface area (Å²) < 4.78 is 33.5. The summed E-state index contributed by atoms with van der Waals surface area (Å²) in [7, 11) is -4.29. The van der Waals surface area contributed by atoms with Crippen LogP contribution in [0, 0.1) is 0 Å². The van der Waals surface area contributed by atoms with E-state index in [-0.39, 0.29) is 32.3 Å². The van der Waals surface area contributed by atoms with Crippen LogP contribution in [-0.2, 0) is 27.9 Å². The predicted octanol–water partition coefficient (Wildman–Crippen LogP) is 15.3. The van der Waals surface area contributed by atoms with Gasteiger partial charge in [0.25, 0.3) is 0 Å². The van der Waals surface area contributed by atoms with Gasteiger partial charge in [-0.05, 0) is 89.9 Å². The van der Waals surface area contributed by atoms with Crippen LogP contribution in [0.3, 0.4) is 0 Å². The molecule has 0 aromatic heterocycles. The summed E-state index contributed by atoms with van der Waals surface area (Å²) in [4.78, 5) is 22.6. The van der Waals surface area contributed by atoms with E-state index in [1.165, 1.54) is 96.3 Å². The van der Waals surface area contributed by atoms with E-state index in [1.807, 2.05) is 0 Å². The van der Waals surface area contributed by atoms with E-state index in [0.717, 1.165) is 83.5 Å². The van der Waals surface area contributed by atoms with Crippen molar-refractivity contribution < 1.29 is 32.8 Å². The SMILES string of the molecule is CC/C=C\C/C=C\C/C=C\C/C=C\C/C=C\C/C=C\CCCCCCCCC(=O)OC(COCCCCCCCC/C=C\CCCCCCCCC)COP(=O)(O)OCCN. The first-order chi connectivity index (χ1) is 29.9. The zero-order chi connectivity index (χ0) is 44.4. The zero-order valence-electron chi connectivity index (χ0n) is 39.1. The van der Waals surface area contributed by atoms with Gasteiger partial charge in [-0.2, -0.15) is 0 Å². The molecule has 0 aliphatic heterocycles. The number of esters is 1. The van der Waals surface area contributed by atoms with Gasteiger partial charge in [0.1, 0.15) is 6.10 Å². The van der Waals surface area contributed by atoms with Crippen LogP contribution in [0.4, 0.5) is 0 Å². The van der Waals surface area contributed by atoms with Crippen LogP contribution >= 0.6 is 7.82 Å². The van der Waals surface area contributed by atoms with E-state index in [1.54, 1.807) is 0 Å². The molecule has 9 heteroatoms. The van der Waals surface area contributed by atoms with Crippen LogP contribution in [0.15, 0.2) is 85.1 Å². The first kappa shape index (κ1) is 58.7. The van der Waals surface area contributed by atoms with Crippen molar-refractivity contribution in [2.24, 2.45) is 5.73 Å². The number of rotatable bonds is 46. The van der Waals surface area contributed by atoms with Gasteiger partial charge in [-0.25, -0.2) is 4.57 Å². The lowest BCUT2D eigenvalue weighted by Crippen LogP contribution is -2.28. The maximum atomic E-state index is 12.6. The third kappa shape index (κ3) is 48.6. The number of allylic oxidation sites excluding steroid dienone is 14. The fourth-order valence-electron chi connectivity index (χ4n) is 6.47. The van der Waals surface area contributed by atoms with Gasteiger partial charge in [-0.1, -0.05) is 189 Å². The number of phosphoric ester groups is 1. The highest BCUT2D eigenvalue weighted by molar-refractivity contribution is 7.47. The molecule has 0 aliphatic carbocycles. The lowest BCUT2D eigenvalue weighted by molar-refractivity contribution is -0.154. The number of carbonyl (C=O) groups excluding carboxylic acids is 1. The minimum Gasteiger partial charge on any atom is -0.457 e. The average Bonchev–Trinajstić information content (AvgIpc) is 3.25. The van der Waals surface area contributed by atoms with Crippen LogP contribution in [0.1, 0.15) is 200 Å². The molecule has 352 valence electrons. The van der Waals surface area contributed by atoms with Crippen LogP contribution < -0.4 is 5.73 Å². The van der Waals surface area contributed by atoms with Gasteiger partial charge in [0.15, 0.2) is 0 Å². The summed E-state index contributed by atoms with van der Waals surface area (Å²) in [6, 6.07) is 0. The van der Waals surface area contributed by atoms with Crippen LogP contribution in [0.25, 0.3) is 0 Å². The van der Waals surface area contributed by atoms with Gasteiger partial charge in [-0.15, -0.1) is 0 Å². The third-order valence-corrected chi connectivity index (χ3v) is 11.0. The Balaban J connectivity index is 4.04. The molecular formula is C52H92NO7P.